The van der Waals surface area contributed by atoms with E-state index in [-0.39, 0.29) is 11.8 Å². The van der Waals surface area contributed by atoms with Crippen LogP contribution in [0.15, 0.2) is 36.5 Å². The van der Waals surface area contributed by atoms with Crippen LogP contribution in [-0.2, 0) is 0 Å². The van der Waals surface area contributed by atoms with Crippen LogP contribution in [0.2, 0.25) is 0 Å². The van der Waals surface area contributed by atoms with Crippen LogP contribution in [-0.4, -0.2) is 78.1 Å². The van der Waals surface area contributed by atoms with Gasteiger partial charge in [0.25, 0.3) is 0 Å². The summed E-state index contributed by atoms with van der Waals surface area (Å²) in [5, 5.41) is 2.80. The summed E-state index contributed by atoms with van der Waals surface area (Å²) in [6.45, 7) is 7.68. The Balaban J connectivity index is 1.27. The van der Waals surface area contributed by atoms with Gasteiger partial charge in [-0.25, -0.2) is 14.2 Å². The Hall–Kier alpha value is -2.91. The molecule has 0 bridgehead atoms. The smallest absolute Gasteiger partial charge is 0.323 e. The van der Waals surface area contributed by atoms with E-state index in [9.17, 15) is 9.18 Å². The summed E-state index contributed by atoms with van der Waals surface area (Å²) in [5.74, 6) is 0.236. The highest BCUT2D eigenvalue weighted by Crippen LogP contribution is 2.26. The highest BCUT2D eigenvalue weighted by atomic mass is 19.1. The second-order valence-electron chi connectivity index (χ2n) is 7.62. The summed E-state index contributed by atoms with van der Waals surface area (Å²) in [5.41, 5.74) is 5.88. The summed E-state index contributed by atoms with van der Waals surface area (Å²) >= 11 is 0. The molecule has 2 amide bonds. The van der Waals surface area contributed by atoms with Crippen molar-refractivity contribution in [2.45, 2.75) is 6.42 Å². The lowest BCUT2D eigenvalue weighted by Crippen LogP contribution is -2.52. The number of anilines is 2. The van der Waals surface area contributed by atoms with Gasteiger partial charge >= 0.3 is 6.03 Å². The summed E-state index contributed by atoms with van der Waals surface area (Å²) in [4.78, 5) is 23.4. The number of pyridine rings is 1. The van der Waals surface area contributed by atoms with Gasteiger partial charge in [-0.2, -0.15) is 0 Å². The summed E-state index contributed by atoms with van der Waals surface area (Å²) in [6.07, 6.45) is 2.82. The van der Waals surface area contributed by atoms with E-state index in [1.807, 2.05) is 0 Å². The molecule has 0 spiro atoms. The standard InChI is InChI=1S/C21H27FN6O2/c22-18-14-16(23)2-3-19(18)30-17-4-5-24-20(15-17)25-21(29)28-12-10-27(11-13-28)9-8-26-6-1-7-26/h2-5,14-15H,1,6-13,23H2,(H,24,25,29). The molecule has 2 aromatic rings. The van der Waals surface area contributed by atoms with Gasteiger partial charge in [0, 0.05) is 63.3 Å². The average Bonchev–Trinajstić information content (AvgIpc) is 2.70. The van der Waals surface area contributed by atoms with Gasteiger partial charge in [-0.3, -0.25) is 10.2 Å². The van der Waals surface area contributed by atoms with Gasteiger partial charge < -0.3 is 20.3 Å². The molecule has 2 aliphatic heterocycles. The number of nitrogen functional groups attached to an aromatic ring is 1. The van der Waals surface area contributed by atoms with Gasteiger partial charge in [0.15, 0.2) is 11.6 Å². The molecular formula is C21H27FN6O2. The van der Waals surface area contributed by atoms with E-state index < -0.39 is 5.82 Å². The largest absolute Gasteiger partial charge is 0.454 e. The number of ether oxygens (including phenoxy) is 1. The summed E-state index contributed by atoms with van der Waals surface area (Å²) in [7, 11) is 0. The number of nitrogens with one attached hydrogen (secondary N) is 1. The van der Waals surface area contributed by atoms with Gasteiger partial charge in [0.05, 0.1) is 0 Å². The molecule has 9 heteroatoms. The molecule has 0 unspecified atom stereocenters. The van der Waals surface area contributed by atoms with Gasteiger partial charge in [-0.15, -0.1) is 0 Å². The topological polar surface area (TPSA) is 87.0 Å². The Kier molecular flexibility index (Phi) is 6.29. The van der Waals surface area contributed by atoms with E-state index in [2.05, 4.69) is 20.1 Å². The lowest BCUT2D eigenvalue weighted by molar-refractivity contribution is 0.114. The minimum absolute atomic E-state index is 0.0574. The molecule has 2 fully saturated rings. The first-order valence-corrected chi connectivity index (χ1v) is 10.3. The maximum absolute atomic E-state index is 13.9. The fourth-order valence-electron chi connectivity index (χ4n) is 3.52. The summed E-state index contributed by atoms with van der Waals surface area (Å²) < 4.78 is 19.5. The minimum atomic E-state index is -0.552. The predicted molar refractivity (Wildman–Crippen MR) is 113 cm³/mol. The lowest BCUT2D eigenvalue weighted by atomic mass is 10.2. The number of likely N-dealkylation sites (tertiary alicyclic amines) is 1. The SMILES string of the molecule is Nc1ccc(Oc2ccnc(NC(=O)N3CCN(CCN4CCC4)CC3)c2)c(F)c1. The van der Waals surface area contributed by atoms with Crippen LogP contribution in [0, 0.1) is 5.82 Å². The number of urea groups is 1. The maximum Gasteiger partial charge on any atom is 0.323 e. The number of hydrogen-bond donors (Lipinski definition) is 2. The van der Waals surface area contributed by atoms with Crippen LogP contribution in [0.1, 0.15) is 6.42 Å². The number of nitrogens with zero attached hydrogens (tertiary/aromatic N) is 4. The molecule has 3 heterocycles. The second kappa shape index (κ2) is 9.27. The molecule has 0 saturated carbocycles. The Bertz CT molecular complexity index is 884. The monoisotopic (exact) mass is 414 g/mol. The van der Waals surface area contributed by atoms with Crippen molar-refractivity contribution in [1.82, 2.24) is 19.7 Å². The number of halogens is 1. The molecule has 2 saturated heterocycles. The second-order valence-corrected chi connectivity index (χ2v) is 7.62. The fraction of sp³-hybridized carbons (Fsp3) is 0.429. The first-order chi connectivity index (χ1) is 14.6. The number of rotatable bonds is 6. The highest BCUT2D eigenvalue weighted by Gasteiger charge is 2.22. The molecule has 0 aliphatic carbocycles. The Labute approximate surface area is 175 Å². The Morgan fingerprint density at radius 1 is 1.07 bits per heavy atom. The number of hydrogen-bond acceptors (Lipinski definition) is 6. The number of benzene rings is 1. The van der Waals surface area contributed by atoms with Crippen molar-refractivity contribution in [2.24, 2.45) is 0 Å². The quantitative estimate of drug-likeness (QED) is 0.706. The Morgan fingerprint density at radius 3 is 2.47 bits per heavy atom. The average molecular weight is 414 g/mol. The van der Waals surface area contributed by atoms with Crippen molar-refractivity contribution in [3.8, 4) is 11.5 Å². The maximum atomic E-state index is 13.9. The normalized spacial score (nSPS) is 17.4. The van der Waals surface area contributed by atoms with Crippen molar-refractivity contribution in [1.29, 1.82) is 0 Å². The first kappa shape index (κ1) is 20.4. The van der Waals surface area contributed by atoms with Crippen molar-refractivity contribution in [3.05, 3.63) is 42.3 Å². The van der Waals surface area contributed by atoms with E-state index in [1.54, 1.807) is 23.1 Å². The molecule has 0 radical (unpaired) electrons. The first-order valence-electron chi connectivity index (χ1n) is 10.3. The van der Waals surface area contributed by atoms with Crippen LogP contribution in [0.4, 0.5) is 20.7 Å². The number of aromatic nitrogens is 1. The Morgan fingerprint density at radius 2 is 1.80 bits per heavy atom. The van der Waals surface area contributed by atoms with Crippen molar-refractivity contribution < 1.29 is 13.9 Å². The van der Waals surface area contributed by atoms with E-state index in [0.29, 0.717) is 30.3 Å². The molecule has 1 aromatic carbocycles. The van der Waals surface area contributed by atoms with Crippen LogP contribution in [0.25, 0.3) is 0 Å². The van der Waals surface area contributed by atoms with E-state index in [0.717, 1.165) is 26.2 Å². The van der Waals surface area contributed by atoms with Gasteiger partial charge in [0.1, 0.15) is 11.6 Å². The molecule has 8 nitrogen and oxygen atoms in total. The van der Waals surface area contributed by atoms with Crippen molar-refractivity contribution in [2.75, 3.05) is 63.4 Å². The van der Waals surface area contributed by atoms with Crippen molar-refractivity contribution >= 4 is 17.5 Å². The zero-order valence-corrected chi connectivity index (χ0v) is 16.9. The van der Waals surface area contributed by atoms with Crippen LogP contribution >= 0.6 is 0 Å². The molecule has 4 rings (SSSR count). The molecule has 2 aliphatic rings. The predicted octanol–water partition coefficient (Wildman–Crippen LogP) is 2.45. The number of nitrogens with two attached hydrogens (primary N) is 1. The van der Waals surface area contributed by atoms with Gasteiger partial charge in [0.2, 0.25) is 0 Å². The third-order valence-electron chi connectivity index (χ3n) is 5.49. The summed E-state index contributed by atoms with van der Waals surface area (Å²) in [6, 6.07) is 7.19. The number of carbonyl (C=O) groups is 1. The van der Waals surface area contributed by atoms with Crippen LogP contribution < -0.4 is 15.8 Å². The lowest BCUT2D eigenvalue weighted by Gasteiger charge is -2.37. The highest BCUT2D eigenvalue weighted by molar-refractivity contribution is 5.88. The van der Waals surface area contributed by atoms with Gasteiger partial charge in [-0.05, 0) is 37.7 Å². The van der Waals surface area contributed by atoms with E-state index in [1.165, 1.54) is 37.8 Å². The number of piperazine rings is 1. The third-order valence-corrected chi connectivity index (χ3v) is 5.49. The third kappa shape index (κ3) is 5.17. The molecule has 160 valence electrons. The molecule has 1 aromatic heterocycles. The molecular weight excluding hydrogens is 387 g/mol. The zero-order chi connectivity index (χ0) is 20.9. The van der Waals surface area contributed by atoms with Gasteiger partial charge in [-0.1, -0.05) is 0 Å². The minimum Gasteiger partial charge on any atom is -0.454 e. The van der Waals surface area contributed by atoms with Crippen LogP contribution in [0.5, 0.6) is 11.5 Å². The molecule has 30 heavy (non-hydrogen) atoms. The number of amides is 2. The molecule has 0 atom stereocenters. The van der Waals surface area contributed by atoms with E-state index >= 15 is 0 Å². The number of carbonyl (C=O) groups excluding carboxylic acids is 1. The molecule has 3 N–H and O–H groups in total. The van der Waals surface area contributed by atoms with Crippen molar-refractivity contribution in [3.63, 3.8) is 0 Å². The fourth-order valence-corrected chi connectivity index (χ4v) is 3.52. The van der Waals surface area contributed by atoms with Crippen LogP contribution in [0.3, 0.4) is 0 Å². The zero-order valence-electron chi connectivity index (χ0n) is 16.9. The van der Waals surface area contributed by atoms with E-state index in [4.69, 9.17) is 10.5 Å².